The van der Waals surface area contributed by atoms with Crippen molar-refractivity contribution in [2.75, 3.05) is 36.4 Å². The van der Waals surface area contributed by atoms with Crippen molar-refractivity contribution in [3.05, 3.63) is 42.7 Å². The Morgan fingerprint density at radius 2 is 1.87 bits per heavy atom. The van der Waals surface area contributed by atoms with Gasteiger partial charge in [-0.05, 0) is 43.5 Å². The van der Waals surface area contributed by atoms with Gasteiger partial charge in [-0.15, -0.1) is 0 Å². The lowest BCUT2D eigenvalue weighted by molar-refractivity contribution is -0.149. The van der Waals surface area contributed by atoms with E-state index >= 15 is 0 Å². The molecule has 2 aromatic heterocycles. The number of anilines is 2. The molecule has 3 aromatic rings. The van der Waals surface area contributed by atoms with Crippen LogP contribution in [-0.4, -0.2) is 69.6 Å². The predicted octanol–water partition coefficient (Wildman–Crippen LogP) is 3.16. The van der Waals surface area contributed by atoms with Crippen molar-refractivity contribution in [2.45, 2.75) is 50.7 Å². The summed E-state index contributed by atoms with van der Waals surface area (Å²) in [5, 5.41) is 22.0. The summed E-state index contributed by atoms with van der Waals surface area (Å²) < 4.78 is 7.47. The van der Waals surface area contributed by atoms with Gasteiger partial charge in [0.05, 0.1) is 17.7 Å². The lowest BCUT2D eigenvalue weighted by atomic mass is 9.93. The molecule has 5 rings (SSSR count). The molecule has 0 spiro atoms. The third-order valence-electron chi connectivity index (χ3n) is 7.28. The molecule has 2 fully saturated rings. The number of carbonyl (C=O) groups excluding carboxylic acids is 2. The lowest BCUT2D eigenvalue weighted by Crippen LogP contribution is -2.48. The van der Waals surface area contributed by atoms with Gasteiger partial charge in [0.15, 0.2) is 0 Å². The number of aromatic nitrogens is 3. The fraction of sp³-hybridized carbons (Fsp3) is 0.429. The number of amides is 1. The van der Waals surface area contributed by atoms with E-state index in [2.05, 4.69) is 33.4 Å². The number of nitriles is 2. The monoisotopic (exact) mass is 526 g/mol. The Labute approximate surface area is 226 Å². The highest BCUT2D eigenvalue weighted by molar-refractivity contribution is 5.94. The van der Waals surface area contributed by atoms with Crippen LogP contribution in [0.25, 0.3) is 16.7 Å². The largest absolute Gasteiger partial charge is 0.462 e. The standard InChI is InChI=1S/C28H30N8O3/c29-11-7-26(37)35-17-15-34(16-18-35)23-5-2-6-24-22(23)10-14-36(24)25-9-13-31-28(33-25)32-20-3-1-4-21(19-20)39-27(38)8-12-30/h2,5-6,9-10,13-14,20-21H,1,3-4,7-8,15-19H2,(H,31,32,33)/t20-,21+/m0/s1. The SMILES string of the molecule is N#CCC(=O)O[C@@H]1CCC[C@H](Nc2nccc(-n3ccc4c(N5CCN(C(=O)CC#N)CC5)cccc43)n2)C1. The molecule has 2 aliphatic rings. The number of carbonyl (C=O) groups is 2. The Bertz CT molecular complexity index is 1430. The average molecular weight is 527 g/mol. The molecule has 200 valence electrons. The van der Waals surface area contributed by atoms with Crippen LogP contribution < -0.4 is 10.2 Å². The summed E-state index contributed by atoms with van der Waals surface area (Å²) in [5.74, 6) is 0.658. The van der Waals surface area contributed by atoms with Crippen LogP contribution in [0, 0.1) is 22.7 Å². The number of nitrogens with one attached hydrogen (secondary N) is 1. The number of ether oxygens (including phenoxy) is 1. The Morgan fingerprint density at radius 3 is 2.67 bits per heavy atom. The summed E-state index contributed by atoms with van der Waals surface area (Å²) in [4.78, 5) is 37.0. The number of hydrogen-bond donors (Lipinski definition) is 1. The van der Waals surface area contributed by atoms with E-state index in [1.807, 2.05) is 35.0 Å². The van der Waals surface area contributed by atoms with Crippen LogP contribution in [0.2, 0.25) is 0 Å². The third-order valence-corrected chi connectivity index (χ3v) is 7.28. The van der Waals surface area contributed by atoms with Crippen LogP contribution in [0.4, 0.5) is 11.6 Å². The zero-order valence-corrected chi connectivity index (χ0v) is 21.6. The molecule has 0 radical (unpaired) electrons. The minimum Gasteiger partial charge on any atom is -0.462 e. The molecule has 1 amide bonds. The molecule has 2 atom stereocenters. The van der Waals surface area contributed by atoms with Crippen LogP contribution in [0.1, 0.15) is 38.5 Å². The molecule has 1 aromatic carbocycles. The first-order valence-electron chi connectivity index (χ1n) is 13.2. The van der Waals surface area contributed by atoms with E-state index < -0.39 is 5.97 Å². The van der Waals surface area contributed by atoms with Gasteiger partial charge in [-0.25, -0.2) is 4.98 Å². The van der Waals surface area contributed by atoms with Crippen LogP contribution in [0.15, 0.2) is 42.7 Å². The molecule has 1 N–H and O–H groups in total. The third kappa shape index (κ3) is 5.93. The van der Waals surface area contributed by atoms with E-state index in [4.69, 9.17) is 20.2 Å². The topological polar surface area (TPSA) is 140 Å². The second-order valence-corrected chi connectivity index (χ2v) is 9.79. The molecule has 39 heavy (non-hydrogen) atoms. The highest BCUT2D eigenvalue weighted by Gasteiger charge is 2.26. The number of esters is 1. The second kappa shape index (κ2) is 11.8. The van der Waals surface area contributed by atoms with Crippen LogP contribution in [0.3, 0.4) is 0 Å². The Kier molecular flexibility index (Phi) is 7.88. The summed E-state index contributed by atoms with van der Waals surface area (Å²) in [7, 11) is 0. The number of nitrogens with zero attached hydrogens (tertiary/aromatic N) is 7. The average Bonchev–Trinajstić information content (AvgIpc) is 3.38. The van der Waals surface area contributed by atoms with E-state index in [0.717, 1.165) is 41.7 Å². The molecule has 0 unspecified atom stereocenters. The second-order valence-electron chi connectivity index (χ2n) is 9.79. The Morgan fingerprint density at radius 1 is 1.05 bits per heavy atom. The first kappa shape index (κ1) is 26.0. The number of fused-ring (bicyclic) bond motifs is 1. The van der Waals surface area contributed by atoms with E-state index in [1.165, 1.54) is 0 Å². The fourth-order valence-corrected chi connectivity index (χ4v) is 5.41. The molecule has 1 aliphatic heterocycles. The van der Waals surface area contributed by atoms with Crippen molar-refractivity contribution >= 4 is 34.4 Å². The fourth-order valence-electron chi connectivity index (χ4n) is 5.41. The van der Waals surface area contributed by atoms with E-state index in [1.54, 1.807) is 11.1 Å². The summed E-state index contributed by atoms with van der Waals surface area (Å²) >= 11 is 0. The highest BCUT2D eigenvalue weighted by atomic mass is 16.5. The summed E-state index contributed by atoms with van der Waals surface area (Å²) in [6, 6.07) is 14.0. The summed E-state index contributed by atoms with van der Waals surface area (Å²) in [6.07, 6.45) is 6.48. The number of rotatable bonds is 7. The van der Waals surface area contributed by atoms with Gasteiger partial charge in [0.1, 0.15) is 24.8 Å². The highest BCUT2D eigenvalue weighted by Crippen LogP contribution is 2.30. The van der Waals surface area contributed by atoms with Crippen molar-refractivity contribution in [1.82, 2.24) is 19.4 Å². The smallest absolute Gasteiger partial charge is 0.320 e. The van der Waals surface area contributed by atoms with Gasteiger partial charge in [-0.2, -0.15) is 15.5 Å². The molecule has 1 saturated heterocycles. The van der Waals surface area contributed by atoms with E-state index in [-0.39, 0.29) is 30.9 Å². The predicted molar refractivity (Wildman–Crippen MR) is 144 cm³/mol. The van der Waals surface area contributed by atoms with Crippen LogP contribution >= 0.6 is 0 Å². The number of hydrogen-bond acceptors (Lipinski definition) is 9. The Hall–Kier alpha value is -4.64. The maximum Gasteiger partial charge on any atom is 0.320 e. The van der Waals surface area contributed by atoms with Crippen LogP contribution in [0.5, 0.6) is 0 Å². The van der Waals surface area contributed by atoms with Crippen molar-refractivity contribution < 1.29 is 14.3 Å². The molecular weight excluding hydrogens is 496 g/mol. The molecule has 11 heteroatoms. The maximum atomic E-state index is 12.1. The van der Waals surface area contributed by atoms with E-state index in [0.29, 0.717) is 38.5 Å². The van der Waals surface area contributed by atoms with Gasteiger partial charge in [-0.3, -0.25) is 9.59 Å². The van der Waals surface area contributed by atoms with Gasteiger partial charge in [-0.1, -0.05) is 6.07 Å². The van der Waals surface area contributed by atoms with Gasteiger partial charge in [0.2, 0.25) is 11.9 Å². The zero-order chi connectivity index (χ0) is 27.2. The first-order valence-corrected chi connectivity index (χ1v) is 13.2. The van der Waals surface area contributed by atoms with Crippen molar-refractivity contribution in [2.24, 2.45) is 0 Å². The molecule has 1 saturated carbocycles. The van der Waals surface area contributed by atoms with Gasteiger partial charge in [0.25, 0.3) is 0 Å². The van der Waals surface area contributed by atoms with Gasteiger partial charge in [0, 0.05) is 62.1 Å². The molecular formula is C28H30N8O3. The zero-order valence-electron chi connectivity index (χ0n) is 21.6. The minimum atomic E-state index is -0.477. The Balaban J connectivity index is 1.29. The first-order chi connectivity index (χ1) is 19.1. The van der Waals surface area contributed by atoms with E-state index in [9.17, 15) is 9.59 Å². The van der Waals surface area contributed by atoms with Crippen molar-refractivity contribution in [3.63, 3.8) is 0 Å². The number of benzene rings is 1. The molecule has 11 nitrogen and oxygen atoms in total. The van der Waals surface area contributed by atoms with Crippen LogP contribution in [-0.2, 0) is 14.3 Å². The normalized spacial score (nSPS) is 19.2. The van der Waals surface area contributed by atoms with Crippen molar-refractivity contribution in [3.8, 4) is 18.0 Å². The number of piperazine rings is 1. The van der Waals surface area contributed by atoms with Crippen molar-refractivity contribution in [1.29, 1.82) is 10.5 Å². The quantitative estimate of drug-likeness (QED) is 0.460. The lowest BCUT2D eigenvalue weighted by Gasteiger charge is -2.36. The van der Waals surface area contributed by atoms with Gasteiger partial charge >= 0.3 is 5.97 Å². The molecule has 0 bridgehead atoms. The summed E-state index contributed by atoms with van der Waals surface area (Å²) in [5.41, 5.74) is 2.12. The van der Waals surface area contributed by atoms with Gasteiger partial charge < -0.3 is 24.4 Å². The maximum absolute atomic E-state index is 12.1. The molecule has 1 aliphatic carbocycles. The summed E-state index contributed by atoms with van der Waals surface area (Å²) in [6.45, 7) is 2.60. The molecule has 3 heterocycles. The minimum absolute atomic E-state index is 0.0700.